The molecule has 1 unspecified atom stereocenters. The number of benzene rings is 2. The molecule has 2 aromatic heterocycles. The van der Waals surface area contributed by atoms with Crippen LogP contribution in [-0.2, 0) is 25.7 Å². The standard InChI is InChI=1S/C27H25N5O6/c1-13(34)29-15-3-5-22-18(7-15)20(9-28-22)24-25(27(38)31-26(24)37)21-11-32(10-17(36)12-33)23-6-4-16(8-19(21)23)30-14(2)35/h3-9,11,17,28,33,36H,10,12H2,1-2H3,(H,29,34)(H,30,35)(H,31,37,38). The summed E-state index contributed by atoms with van der Waals surface area (Å²) in [5.74, 6) is -1.69. The summed E-state index contributed by atoms with van der Waals surface area (Å²) < 4.78 is 1.69. The maximum atomic E-state index is 13.2. The third kappa shape index (κ3) is 4.44. The molecule has 6 N–H and O–H groups in total. The van der Waals surface area contributed by atoms with Crippen LogP contribution in [0, 0.1) is 0 Å². The van der Waals surface area contributed by atoms with Crippen molar-refractivity contribution in [3.63, 3.8) is 0 Å². The van der Waals surface area contributed by atoms with Crippen LogP contribution in [-0.4, -0.2) is 56.1 Å². The highest BCUT2D eigenvalue weighted by Crippen LogP contribution is 2.39. The Bertz CT molecular complexity index is 1680. The van der Waals surface area contributed by atoms with Crippen LogP contribution in [0.15, 0.2) is 48.8 Å². The monoisotopic (exact) mass is 515 g/mol. The Hall–Kier alpha value is -4.74. The van der Waals surface area contributed by atoms with E-state index < -0.39 is 24.5 Å². The Morgan fingerprint density at radius 2 is 1.53 bits per heavy atom. The van der Waals surface area contributed by atoms with Crippen LogP contribution in [0.5, 0.6) is 0 Å². The molecule has 5 rings (SSSR count). The lowest BCUT2D eigenvalue weighted by molar-refractivity contribution is -0.123. The number of nitrogens with zero attached hydrogens (tertiary/aromatic N) is 1. The van der Waals surface area contributed by atoms with E-state index in [0.717, 1.165) is 0 Å². The maximum Gasteiger partial charge on any atom is 0.259 e. The summed E-state index contributed by atoms with van der Waals surface area (Å²) in [6.07, 6.45) is 2.22. The van der Waals surface area contributed by atoms with E-state index in [-0.39, 0.29) is 29.5 Å². The number of hydrogen-bond donors (Lipinski definition) is 6. The highest BCUT2D eigenvalue weighted by Gasteiger charge is 2.35. The number of fused-ring (bicyclic) bond motifs is 2. The number of rotatable bonds is 7. The highest BCUT2D eigenvalue weighted by molar-refractivity contribution is 6.50. The third-order valence-corrected chi connectivity index (χ3v) is 6.29. The predicted octanol–water partition coefficient (Wildman–Crippen LogP) is 1.96. The van der Waals surface area contributed by atoms with Crippen LogP contribution in [0.1, 0.15) is 25.0 Å². The molecule has 1 atom stereocenters. The number of carbonyl (C=O) groups is 4. The SMILES string of the molecule is CC(=O)Nc1ccc2[nH]cc(C3=C(c4cn(CC(O)CO)c5ccc(NC(C)=O)cc45)C(=O)NC3=O)c2c1. The van der Waals surface area contributed by atoms with Crippen molar-refractivity contribution in [1.82, 2.24) is 14.9 Å². The first-order valence-electron chi connectivity index (χ1n) is 11.8. The molecule has 0 saturated heterocycles. The first-order chi connectivity index (χ1) is 18.2. The van der Waals surface area contributed by atoms with Crippen molar-refractivity contribution in [3.8, 4) is 0 Å². The smallest absolute Gasteiger partial charge is 0.259 e. The van der Waals surface area contributed by atoms with Crippen molar-refractivity contribution in [3.05, 3.63) is 59.9 Å². The molecule has 1 aliphatic rings. The van der Waals surface area contributed by atoms with Gasteiger partial charge in [0.25, 0.3) is 11.8 Å². The van der Waals surface area contributed by atoms with Crippen molar-refractivity contribution >= 4 is 68.0 Å². The Morgan fingerprint density at radius 1 is 0.921 bits per heavy atom. The van der Waals surface area contributed by atoms with Gasteiger partial charge in [-0.1, -0.05) is 0 Å². The molecule has 0 spiro atoms. The van der Waals surface area contributed by atoms with E-state index in [1.807, 2.05) is 0 Å². The van der Waals surface area contributed by atoms with Gasteiger partial charge >= 0.3 is 0 Å². The lowest BCUT2D eigenvalue weighted by Crippen LogP contribution is -2.22. The van der Waals surface area contributed by atoms with Crippen molar-refractivity contribution < 1.29 is 29.4 Å². The maximum absolute atomic E-state index is 13.2. The Labute approximate surface area is 216 Å². The molecular formula is C27H25N5O6. The number of aliphatic hydroxyl groups excluding tert-OH is 2. The summed E-state index contributed by atoms with van der Waals surface area (Å²) in [4.78, 5) is 52.7. The van der Waals surface area contributed by atoms with Gasteiger partial charge in [-0.3, -0.25) is 24.5 Å². The molecule has 0 radical (unpaired) electrons. The fraction of sp³-hybridized carbons (Fsp3) is 0.185. The minimum atomic E-state index is -1.05. The second-order valence-corrected chi connectivity index (χ2v) is 9.12. The highest BCUT2D eigenvalue weighted by atomic mass is 16.3. The van der Waals surface area contributed by atoms with E-state index in [2.05, 4.69) is 20.9 Å². The lowest BCUT2D eigenvalue weighted by atomic mass is 9.95. The molecule has 11 nitrogen and oxygen atoms in total. The van der Waals surface area contributed by atoms with Gasteiger partial charge in [0, 0.05) is 70.5 Å². The van der Waals surface area contributed by atoms with Crippen LogP contribution in [0.3, 0.4) is 0 Å². The average molecular weight is 516 g/mol. The number of H-pyrrole nitrogens is 1. The van der Waals surface area contributed by atoms with Crippen molar-refractivity contribution in [1.29, 1.82) is 0 Å². The first kappa shape index (κ1) is 24.9. The van der Waals surface area contributed by atoms with Crippen LogP contribution in [0.25, 0.3) is 33.0 Å². The van der Waals surface area contributed by atoms with Crippen LogP contribution >= 0.6 is 0 Å². The number of imide groups is 1. The molecule has 0 aliphatic carbocycles. The van der Waals surface area contributed by atoms with Crippen LogP contribution in [0.4, 0.5) is 11.4 Å². The molecule has 38 heavy (non-hydrogen) atoms. The molecule has 0 saturated carbocycles. The minimum absolute atomic E-state index is 0.0395. The second kappa shape index (κ2) is 9.61. The number of nitrogens with one attached hydrogen (secondary N) is 4. The summed E-state index contributed by atoms with van der Waals surface area (Å²) >= 11 is 0. The third-order valence-electron chi connectivity index (χ3n) is 6.29. The first-order valence-corrected chi connectivity index (χ1v) is 11.8. The van der Waals surface area contributed by atoms with Gasteiger partial charge in [0.15, 0.2) is 0 Å². The van der Waals surface area contributed by atoms with E-state index in [0.29, 0.717) is 44.3 Å². The van der Waals surface area contributed by atoms with Gasteiger partial charge in [-0.15, -0.1) is 0 Å². The Kier molecular flexibility index (Phi) is 6.31. The van der Waals surface area contributed by atoms with Gasteiger partial charge in [-0.05, 0) is 36.4 Å². The van der Waals surface area contributed by atoms with E-state index in [4.69, 9.17) is 0 Å². The van der Waals surface area contributed by atoms with Crippen molar-refractivity contribution in [2.75, 3.05) is 17.2 Å². The molecule has 3 heterocycles. The molecule has 11 heteroatoms. The topological polar surface area (TPSA) is 166 Å². The van der Waals surface area contributed by atoms with Gasteiger partial charge in [0.1, 0.15) is 0 Å². The van der Waals surface area contributed by atoms with E-state index >= 15 is 0 Å². The number of amides is 4. The summed E-state index contributed by atoms with van der Waals surface area (Å²) in [6, 6.07) is 10.3. The molecule has 1 aliphatic heterocycles. The van der Waals surface area contributed by atoms with Gasteiger partial charge in [-0.2, -0.15) is 0 Å². The zero-order chi connectivity index (χ0) is 27.1. The number of aromatic amines is 1. The Morgan fingerprint density at radius 3 is 2.16 bits per heavy atom. The van der Waals surface area contributed by atoms with Crippen molar-refractivity contribution in [2.45, 2.75) is 26.5 Å². The van der Waals surface area contributed by atoms with E-state index in [9.17, 15) is 29.4 Å². The lowest BCUT2D eigenvalue weighted by Gasteiger charge is -2.10. The number of anilines is 2. The molecular weight excluding hydrogens is 490 g/mol. The van der Waals surface area contributed by atoms with Gasteiger partial charge in [0.2, 0.25) is 11.8 Å². The molecule has 194 valence electrons. The normalized spacial score (nSPS) is 14.3. The zero-order valence-electron chi connectivity index (χ0n) is 20.6. The van der Waals surface area contributed by atoms with Gasteiger partial charge in [-0.25, -0.2) is 0 Å². The predicted molar refractivity (Wildman–Crippen MR) is 142 cm³/mol. The van der Waals surface area contributed by atoms with E-state index in [1.54, 1.807) is 53.4 Å². The summed E-state index contributed by atoms with van der Waals surface area (Å²) in [7, 11) is 0. The quantitative estimate of drug-likeness (QED) is 0.206. The fourth-order valence-corrected chi connectivity index (χ4v) is 4.79. The average Bonchev–Trinajstić information content (AvgIpc) is 3.50. The second-order valence-electron chi connectivity index (χ2n) is 9.12. The van der Waals surface area contributed by atoms with Crippen molar-refractivity contribution in [2.24, 2.45) is 0 Å². The summed E-state index contributed by atoms with van der Waals surface area (Å²) in [5.41, 5.74) is 3.53. The number of aromatic nitrogens is 2. The summed E-state index contributed by atoms with van der Waals surface area (Å²) in [6.45, 7) is 2.35. The van der Waals surface area contributed by atoms with E-state index in [1.165, 1.54) is 13.8 Å². The molecule has 0 bridgehead atoms. The number of hydrogen-bond acceptors (Lipinski definition) is 6. The van der Waals surface area contributed by atoms with Gasteiger partial charge < -0.3 is 30.4 Å². The fourth-order valence-electron chi connectivity index (χ4n) is 4.79. The number of aliphatic hydroxyl groups is 2. The van der Waals surface area contributed by atoms with Crippen LogP contribution in [0.2, 0.25) is 0 Å². The zero-order valence-corrected chi connectivity index (χ0v) is 20.6. The van der Waals surface area contributed by atoms with Crippen LogP contribution < -0.4 is 16.0 Å². The van der Waals surface area contributed by atoms with Gasteiger partial charge in [0.05, 0.1) is 30.4 Å². The minimum Gasteiger partial charge on any atom is -0.394 e. The molecule has 4 amide bonds. The molecule has 2 aromatic carbocycles. The molecule has 4 aromatic rings. The Balaban J connectivity index is 1.76. The molecule has 0 fully saturated rings. The summed E-state index contributed by atoms with van der Waals surface area (Å²) in [5, 5.41) is 28.5. The number of carbonyl (C=O) groups excluding carboxylic acids is 4. The largest absolute Gasteiger partial charge is 0.394 e.